The van der Waals surface area contributed by atoms with Crippen LogP contribution in [0.1, 0.15) is 24.0 Å². The van der Waals surface area contributed by atoms with Crippen LogP contribution in [0.3, 0.4) is 0 Å². The number of carbonyl (C=O) groups excluding carboxylic acids is 1. The lowest BCUT2D eigenvalue weighted by Crippen LogP contribution is -2.39. The van der Waals surface area contributed by atoms with Crippen LogP contribution in [0.2, 0.25) is 5.02 Å². The molecule has 1 fully saturated rings. The van der Waals surface area contributed by atoms with Crippen LogP contribution in [0.4, 0.5) is 5.95 Å². The predicted octanol–water partition coefficient (Wildman–Crippen LogP) is 5.60. The molecule has 1 saturated carbocycles. The fraction of sp³-hybridized carbons (Fsp3) is 0.214. The van der Waals surface area contributed by atoms with Gasteiger partial charge in [0.15, 0.2) is 0 Å². The van der Waals surface area contributed by atoms with Crippen LogP contribution in [-0.4, -0.2) is 40.8 Å². The Bertz CT molecular complexity index is 1530. The van der Waals surface area contributed by atoms with Crippen molar-refractivity contribution >= 4 is 33.5 Å². The highest BCUT2D eigenvalue weighted by molar-refractivity contribution is 7.89. The van der Waals surface area contributed by atoms with Crippen LogP contribution in [0.25, 0.3) is 16.9 Å². The molecule has 0 spiro atoms. The molecule has 5 rings (SSSR count). The van der Waals surface area contributed by atoms with Gasteiger partial charge in [0.2, 0.25) is 21.9 Å². The van der Waals surface area contributed by atoms with E-state index < -0.39 is 15.9 Å². The minimum absolute atomic E-state index is 0.182. The van der Waals surface area contributed by atoms with E-state index in [2.05, 4.69) is 10.3 Å². The van der Waals surface area contributed by atoms with Crippen molar-refractivity contribution in [1.29, 1.82) is 0 Å². The van der Waals surface area contributed by atoms with Gasteiger partial charge >= 0.3 is 0 Å². The fourth-order valence-electron chi connectivity index (χ4n) is 4.05. The van der Waals surface area contributed by atoms with Crippen LogP contribution in [0, 0.1) is 13.8 Å². The Kier molecular flexibility index (Phi) is 6.90. The monoisotopic (exact) mass is 534 g/mol. The number of hydrogen-bond donors (Lipinski definition) is 1. The van der Waals surface area contributed by atoms with Crippen molar-refractivity contribution in [3.8, 4) is 16.9 Å². The summed E-state index contributed by atoms with van der Waals surface area (Å²) in [6, 6.07) is 21.6. The molecule has 0 saturated heterocycles. The number of benzene rings is 3. The zero-order valence-corrected chi connectivity index (χ0v) is 22.1. The maximum Gasteiger partial charge on any atom is 0.243 e. The Balaban J connectivity index is 1.44. The van der Waals surface area contributed by atoms with Crippen molar-refractivity contribution in [2.45, 2.75) is 37.6 Å². The van der Waals surface area contributed by atoms with Crippen molar-refractivity contribution in [2.75, 3.05) is 11.9 Å². The van der Waals surface area contributed by atoms with E-state index in [4.69, 9.17) is 11.6 Å². The Morgan fingerprint density at radius 2 is 1.57 bits per heavy atom. The molecule has 0 radical (unpaired) electrons. The molecule has 9 heteroatoms. The average molecular weight is 535 g/mol. The van der Waals surface area contributed by atoms with Gasteiger partial charge in [0.05, 0.1) is 17.1 Å². The second kappa shape index (κ2) is 10.1. The Hall–Kier alpha value is -3.46. The summed E-state index contributed by atoms with van der Waals surface area (Å²) < 4.78 is 29.8. The van der Waals surface area contributed by atoms with Crippen LogP contribution in [-0.2, 0) is 14.8 Å². The second-order valence-corrected chi connectivity index (χ2v) is 11.6. The van der Waals surface area contributed by atoms with Crippen molar-refractivity contribution in [3.63, 3.8) is 0 Å². The molecule has 1 aliphatic rings. The van der Waals surface area contributed by atoms with Crippen molar-refractivity contribution in [1.82, 2.24) is 13.9 Å². The highest BCUT2D eigenvalue weighted by atomic mass is 35.5. The van der Waals surface area contributed by atoms with E-state index in [0.717, 1.165) is 35.2 Å². The number of carbonyl (C=O) groups is 1. The van der Waals surface area contributed by atoms with Crippen molar-refractivity contribution < 1.29 is 13.2 Å². The summed E-state index contributed by atoms with van der Waals surface area (Å²) in [5.41, 5.74) is 4.38. The van der Waals surface area contributed by atoms with Gasteiger partial charge in [-0.1, -0.05) is 59.1 Å². The molecular formula is C28H27ClN4O3S. The highest BCUT2D eigenvalue weighted by Gasteiger charge is 2.39. The summed E-state index contributed by atoms with van der Waals surface area (Å²) in [4.78, 5) is 18.1. The van der Waals surface area contributed by atoms with Gasteiger partial charge in [-0.05, 0) is 63.1 Å². The third-order valence-corrected chi connectivity index (χ3v) is 8.45. The highest BCUT2D eigenvalue weighted by Crippen LogP contribution is 2.32. The summed E-state index contributed by atoms with van der Waals surface area (Å²) in [7, 11) is -3.82. The minimum Gasteiger partial charge on any atom is -0.294 e. The van der Waals surface area contributed by atoms with Crippen LogP contribution < -0.4 is 5.32 Å². The molecule has 1 heterocycles. The van der Waals surface area contributed by atoms with Crippen LogP contribution in [0.15, 0.2) is 83.9 Å². The number of nitrogens with one attached hydrogen (secondary N) is 1. The number of aryl methyl sites for hydroxylation is 2. The first kappa shape index (κ1) is 25.2. The zero-order chi connectivity index (χ0) is 26.2. The van der Waals surface area contributed by atoms with Gasteiger partial charge in [0.1, 0.15) is 0 Å². The molecule has 190 valence electrons. The van der Waals surface area contributed by atoms with Gasteiger partial charge in [0.25, 0.3) is 0 Å². The first-order chi connectivity index (χ1) is 17.7. The SMILES string of the molecule is Cc1ccc(-n2cc(-c3ccc(Cl)cc3)nc2NC(=O)CN(C2CC2)S(=O)(=O)c2ccc(C)cc2)cc1. The van der Waals surface area contributed by atoms with Gasteiger partial charge in [-0.15, -0.1) is 0 Å². The van der Waals surface area contributed by atoms with Crippen molar-refractivity contribution in [2.24, 2.45) is 0 Å². The molecule has 1 N–H and O–H groups in total. The zero-order valence-electron chi connectivity index (χ0n) is 20.6. The maximum atomic E-state index is 13.4. The topological polar surface area (TPSA) is 84.3 Å². The first-order valence-corrected chi connectivity index (χ1v) is 13.8. The quantitative estimate of drug-likeness (QED) is 0.319. The van der Waals surface area contributed by atoms with E-state index in [0.29, 0.717) is 16.7 Å². The minimum atomic E-state index is -3.82. The molecule has 0 bridgehead atoms. The average Bonchev–Trinajstić information content (AvgIpc) is 3.63. The summed E-state index contributed by atoms with van der Waals surface area (Å²) in [6.07, 6.45) is 3.30. The standard InChI is InChI=1S/C28H27ClN4O3S/c1-19-3-11-23(12-4-19)32-17-26(21-7-9-22(29)10-8-21)30-28(32)31-27(34)18-33(24-13-14-24)37(35,36)25-15-5-20(2)6-16-25/h3-12,15-17,24H,13-14,18H2,1-2H3,(H,30,31,34). The van der Waals surface area contributed by atoms with E-state index in [-0.39, 0.29) is 17.5 Å². The number of hydrogen-bond acceptors (Lipinski definition) is 4. The number of nitrogens with zero attached hydrogens (tertiary/aromatic N) is 3. The summed E-state index contributed by atoms with van der Waals surface area (Å²) in [5, 5.41) is 3.47. The Morgan fingerprint density at radius 3 is 2.16 bits per heavy atom. The largest absolute Gasteiger partial charge is 0.294 e. The molecular weight excluding hydrogens is 508 g/mol. The maximum absolute atomic E-state index is 13.4. The second-order valence-electron chi connectivity index (χ2n) is 9.30. The first-order valence-electron chi connectivity index (χ1n) is 12.0. The number of rotatable bonds is 8. The van der Waals surface area contributed by atoms with Gasteiger partial charge < -0.3 is 0 Å². The third-order valence-electron chi connectivity index (χ3n) is 6.29. The van der Waals surface area contributed by atoms with E-state index in [1.807, 2.05) is 56.4 Å². The van der Waals surface area contributed by atoms with Crippen LogP contribution >= 0.6 is 11.6 Å². The normalized spacial score (nSPS) is 13.6. The Labute approximate surface area is 221 Å². The molecule has 7 nitrogen and oxygen atoms in total. The lowest BCUT2D eigenvalue weighted by Gasteiger charge is -2.21. The summed E-state index contributed by atoms with van der Waals surface area (Å²) >= 11 is 6.05. The predicted molar refractivity (Wildman–Crippen MR) is 145 cm³/mol. The molecule has 0 atom stereocenters. The van der Waals surface area contributed by atoms with E-state index in [9.17, 15) is 13.2 Å². The summed E-state index contributed by atoms with van der Waals surface area (Å²) in [6.45, 7) is 3.61. The summed E-state index contributed by atoms with van der Waals surface area (Å²) in [5.74, 6) is -0.147. The number of sulfonamides is 1. The number of aromatic nitrogens is 2. The molecule has 1 amide bonds. The molecule has 0 unspecified atom stereocenters. The van der Waals surface area contributed by atoms with Crippen LogP contribution in [0.5, 0.6) is 0 Å². The molecule has 3 aromatic carbocycles. The number of halogens is 1. The van der Waals surface area contributed by atoms with Crippen molar-refractivity contribution in [3.05, 3.63) is 95.1 Å². The number of amides is 1. The van der Waals surface area contributed by atoms with E-state index in [1.165, 1.54) is 4.31 Å². The number of anilines is 1. The van der Waals surface area contributed by atoms with E-state index in [1.54, 1.807) is 41.0 Å². The molecule has 1 aromatic heterocycles. The van der Waals surface area contributed by atoms with Gasteiger partial charge in [-0.3, -0.25) is 14.7 Å². The molecule has 37 heavy (non-hydrogen) atoms. The van der Waals surface area contributed by atoms with Gasteiger partial charge in [0, 0.05) is 28.5 Å². The van der Waals surface area contributed by atoms with E-state index >= 15 is 0 Å². The molecule has 1 aliphatic carbocycles. The van der Waals surface area contributed by atoms with Gasteiger partial charge in [-0.25, -0.2) is 13.4 Å². The lowest BCUT2D eigenvalue weighted by molar-refractivity contribution is -0.116. The lowest BCUT2D eigenvalue weighted by atomic mass is 10.2. The fourth-order valence-corrected chi connectivity index (χ4v) is 5.82. The molecule has 4 aromatic rings. The smallest absolute Gasteiger partial charge is 0.243 e. The Morgan fingerprint density at radius 1 is 0.973 bits per heavy atom. The number of imidazole rings is 1. The molecule has 0 aliphatic heterocycles. The van der Waals surface area contributed by atoms with Gasteiger partial charge in [-0.2, -0.15) is 4.31 Å². The third kappa shape index (κ3) is 5.61.